The van der Waals surface area contributed by atoms with Crippen LogP contribution >= 0.6 is 0 Å². The Bertz CT molecular complexity index is 476. The fraction of sp³-hybridized carbons (Fsp3) is 0.500. The van der Waals surface area contributed by atoms with E-state index >= 15 is 0 Å². The van der Waals surface area contributed by atoms with Gasteiger partial charge in [0.1, 0.15) is 0 Å². The highest BCUT2D eigenvalue weighted by atomic mass is 16.3. The Morgan fingerprint density at radius 2 is 2.00 bits per heavy atom. The van der Waals surface area contributed by atoms with Crippen LogP contribution in [0.25, 0.3) is 0 Å². The van der Waals surface area contributed by atoms with Crippen LogP contribution in [-0.2, 0) is 9.59 Å². The minimum atomic E-state index is -0.727. The molecule has 0 bridgehead atoms. The fourth-order valence-electron chi connectivity index (χ4n) is 2.44. The van der Waals surface area contributed by atoms with Crippen molar-refractivity contribution in [1.29, 1.82) is 0 Å². The molecule has 1 unspecified atom stereocenters. The van der Waals surface area contributed by atoms with E-state index in [9.17, 15) is 14.7 Å². The molecule has 1 saturated heterocycles. The second kappa shape index (κ2) is 7.78. The van der Waals surface area contributed by atoms with E-state index in [1.165, 1.54) is 0 Å². The minimum absolute atomic E-state index is 0.0475. The van der Waals surface area contributed by atoms with Gasteiger partial charge in [0.05, 0.1) is 12.6 Å². The monoisotopic (exact) mass is 290 g/mol. The summed E-state index contributed by atoms with van der Waals surface area (Å²) in [6, 6.07) is 9.19. The summed E-state index contributed by atoms with van der Waals surface area (Å²) >= 11 is 0. The Hall–Kier alpha value is -1.88. The molecule has 1 aromatic rings. The SMILES string of the molecule is O=C(CN1CCCCCC1=O)NCC(O)c1ccccc1. The summed E-state index contributed by atoms with van der Waals surface area (Å²) < 4.78 is 0. The van der Waals surface area contributed by atoms with Gasteiger partial charge in [-0.1, -0.05) is 36.8 Å². The second-order valence-electron chi connectivity index (χ2n) is 5.36. The summed E-state index contributed by atoms with van der Waals surface area (Å²) in [6.07, 6.45) is 2.70. The van der Waals surface area contributed by atoms with Gasteiger partial charge in [0.2, 0.25) is 11.8 Å². The molecular weight excluding hydrogens is 268 g/mol. The minimum Gasteiger partial charge on any atom is -0.387 e. The largest absolute Gasteiger partial charge is 0.387 e. The number of nitrogens with zero attached hydrogens (tertiary/aromatic N) is 1. The molecular formula is C16H22N2O3. The van der Waals surface area contributed by atoms with Crippen LogP contribution < -0.4 is 5.32 Å². The Labute approximate surface area is 125 Å². The summed E-state index contributed by atoms with van der Waals surface area (Å²) in [4.78, 5) is 25.3. The Morgan fingerprint density at radius 1 is 1.24 bits per heavy atom. The van der Waals surface area contributed by atoms with E-state index in [0.29, 0.717) is 13.0 Å². The molecule has 2 amide bonds. The lowest BCUT2D eigenvalue weighted by atomic mass is 10.1. The van der Waals surface area contributed by atoms with Crippen LogP contribution in [0.2, 0.25) is 0 Å². The maximum Gasteiger partial charge on any atom is 0.239 e. The molecule has 1 atom stereocenters. The first kappa shape index (κ1) is 15.5. The number of hydrogen-bond donors (Lipinski definition) is 2. The van der Waals surface area contributed by atoms with E-state index in [1.54, 1.807) is 4.90 Å². The summed E-state index contributed by atoms with van der Waals surface area (Å²) in [5.74, 6) is -0.175. The van der Waals surface area contributed by atoms with Gasteiger partial charge in [-0.2, -0.15) is 0 Å². The third kappa shape index (κ3) is 4.86. The van der Waals surface area contributed by atoms with Crippen LogP contribution in [0.4, 0.5) is 0 Å². The number of benzene rings is 1. The summed E-state index contributed by atoms with van der Waals surface area (Å²) in [6.45, 7) is 0.888. The van der Waals surface area contributed by atoms with E-state index < -0.39 is 6.10 Å². The molecule has 1 heterocycles. The van der Waals surface area contributed by atoms with E-state index in [2.05, 4.69) is 5.32 Å². The van der Waals surface area contributed by atoms with Gasteiger partial charge in [0, 0.05) is 19.5 Å². The zero-order valence-corrected chi connectivity index (χ0v) is 12.1. The summed E-state index contributed by atoms with van der Waals surface area (Å²) in [5.41, 5.74) is 0.767. The molecule has 114 valence electrons. The van der Waals surface area contributed by atoms with Gasteiger partial charge in [-0.15, -0.1) is 0 Å². The van der Waals surface area contributed by atoms with Crippen molar-refractivity contribution in [3.05, 3.63) is 35.9 Å². The quantitative estimate of drug-likeness (QED) is 0.857. The molecule has 1 fully saturated rings. The van der Waals surface area contributed by atoms with Crippen LogP contribution in [0.1, 0.15) is 37.4 Å². The van der Waals surface area contributed by atoms with Crippen molar-refractivity contribution in [2.75, 3.05) is 19.6 Å². The standard InChI is InChI=1S/C16H22N2O3/c19-14(13-7-3-1-4-8-13)11-17-15(20)12-18-10-6-2-5-9-16(18)21/h1,3-4,7-8,14,19H,2,5-6,9-12H2,(H,17,20). The maximum absolute atomic E-state index is 11.9. The van der Waals surface area contributed by atoms with E-state index in [-0.39, 0.29) is 24.9 Å². The molecule has 2 N–H and O–H groups in total. The van der Waals surface area contributed by atoms with Crippen molar-refractivity contribution in [2.45, 2.75) is 31.8 Å². The zero-order valence-electron chi connectivity index (χ0n) is 12.1. The van der Waals surface area contributed by atoms with Gasteiger partial charge in [0.15, 0.2) is 0 Å². The third-order valence-electron chi connectivity index (χ3n) is 3.68. The predicted molar refractivity (Wildman–Crippen MR) is 79.5 cm³/mol. The van der Waals surface area contributed by atoms with E-state index in [0.717, 1.165) is 24.8 Å². The van der Waals surface area contributed by atoms with Crippen molar-refractivity contribution in [2.24, 2.45) is 0 Å². The highest BCUT2D eigenvalue weighted by Gasteiger charge is 2.19. The van der Waals surface area contributed by atoms with Crippen LogP contribution in [-0.4, -0.2) is 41.5 Å². The molecule has 0 radical (unpaired) electrons. The number of carbonyl (C=O) groups excluding carboxylic acids is 2. The zero-order chi connectivity index (χ0) is 15.1. The van der Waals surface area contributed by atoms with Gasteiger partial charge in [-0.05, 0) is 18.4 Å². The lowest BCUT2D eigenvalue weighted by Gasteiger charge is -2.20. The van der Waals surface area contributed by atoms with Crippen LogP contribution in [0.3, 0.4) is 0 Å². The van der Waals surface area contributed by atoms with Crippen molar-refractivity contribution in [3.63, 3.8) is 0 Å². The number of aliphatic hydroxyl groups is 1. The fourth-order valence-corrected chi connectivity index (χ4v) is 2.44. The van der Waals surface area contributed by atoms with Gasteiger partial charge < -0.3 is 15.3 Å². The molecule has 0 saturated carbocycles. The molecule has 21 heavy (non-hydrogen) atoms. The number of carbonyl (C=O) groups is 2. The molecule has 2 rings (SSSR count). The lowest BCUT2D eigenvalue weighted by Crippen LogP contribution is -2.41. The van der Waals surface area contributed by atoms with Gasteiger partial charge in [0.25, 0.3) is 0 Å². The first-order chi connectivity index (χ1) is 10.2. The van der Waals surface area contributed by atoms with Gasteiger partial charge in [-0.25, -0.2) is 0 Å². The number of nitrogens with one attached hydrogen (secondary N) is 1. The van der Waals surface area contributed by atoms with Crippen molar-refractivity contribution >= 4 is 11.8 Å². The van der Waals surface area contributed by atoms with Crippen molar-refractivity contribution in [3.8, 4) is 0 Å². The predicted octanol–water partition coefficient (Wildman–Crippen LogP) is 1.24. The highest BCUT2D eigenvalue weighted by molar-refractivity contribution is 5.84. The molecule has 0 aliphatic carbocycles. The molecule has 1 aliphatic heterocycles. The Balaban J connectivity index is 1.78. The molecule has 1 aromatic carbocycles. The van der Waals surface area contributed by atoms with E-state index in [4.69, 9.17) is 0 Å². The normalized spacial score (nSPS) is 17.2. The van der Waals surface area contributed by atoms with Gasteiger partial charge >= 0.3 is 0 Å². The number of aliphatic hydroxyl groups excluding tert-OH is 1. The number of amides is 2. The van der Waals surface area contributed by atoms with E-state index in [1.807, 2.05) is 30.3 Å². The molecule has 0 aromatic heterocycles. The lowest BCUT2D eigenvalue weighted by molar-refractivity contribution is -0.135. The molecule has 1 aliphatic rings. The first-order valence-corrected chi connectivity index (χ1v) is 7.44. The molecule has 0 spiro atoms. The molecule has 5 heteroatoms. The maximum atomic E-state index is 11.9. The number of hydrogen-bond acceptors (Lipinski definition) is 3. The number of likely N-dealkylation sites (tertiary alicyclic amines) is 1. The third-order valence-corrected chi connectivity index (χ3v) is 3.68. The first-order valence-electron chi connectivity index (χ1n) is 7.44. The Kier molecular flexibility index (Phi) is 5.75. The van der Waals surface area contributed by atoms with Gasteiger partial charge in [-0.3, -0.25) is 9.59 Å². The second-order valence-corrected chi connectivity index (χ2v) is 5.36. The smallest absolute Gasteiger partial charge is 0.239 e. The summed E-state index contributed by atoms with van der Waals surface area (Å²) in [7, 11) is 0. The van der Waals surface area contributed by atoms with Crippen LogP contribution in [0.15, 0.2) is 30.3 Å². The Morgan fingerprint density at radius 3 is 2.76 bits per heavy atom. The molecule has 5 nitrogen and oxygen atoms in total. The average Bonchev–Trinajstić information content (AvgIpc) is 2.71. The topological polar surface area (TPSA) is 69.6 Å². The van der Waals surface area contributed by atoms with Crippen molar-refractivity contribution < 1.29 is 14.7 Å². The average molecular weight is 290 g/mol. The van der Waals surface area contributed by atoms with Crippen molar-refractivity contribution in [1.82, 2.24) is 10.2 Å². The summed E-state index contributed by atoms with van der Waals surface area (Å²) in [5, 5.41) is 12.7. The number of rotatable bonds is 5. The highest BCUT2D eigenvalue weighted by Crippen LogP contribution is 2.12. The van der Waals surface area contributed by atoms with Crippen LogP contribution in [0, 0.1) is 0 Å². The van der Waals surface area contributed by atoms with Crippen LogP contribution in [0.5, 0.6) is 0 Å².